The first-order valence-corrected chi connectivity index (χ1v) is 8.84. The molecule has 0 amide bonds. The van der Waals surface area contributed by atoms with Gasteiger partial charge in [-0.05, 0) is 24.3 Å². The number of rotatable bonds is 5. The van der Waals surface area contributed by atoms with Crippen molar-refractivity contribution < 1.29 is 5.32 Å². The van der Waals surface area contributed by atoms with E-state index in [1.54, 1.807) is 0 Å². The molecule has 7 heteroatoms. The fraction of sp³-hybridized carbons (Fsp3) is 0.211. The van der Waals surface area contributed by atoms with Crippen LogP contribution in [-0.4, -0.2) is 41.1 Å². The third kappa shape index (κ3) is 4.07. The maximum absolute atomic E-state index is 4.63. The highest BCUT2D eigenvalue weighted by Gasteiger charge is 2.18. The second-order valence-corrected chi connectivity index (χ2v) is 6.12. The normalized spacial score (nSPS) is 14.1. The molecule has 0 saturated carbocycles. The molecule has 0 radical (unpaired) electrons. The highest BCUT2D eigenvalue weighted by Crippen LogP contribution is 2.20. The van der Waals surface area contributed by atoms with Gasteiger partial charge in [-0.25, -0.2) is 0 Å². The van der Waals surface area contributed by atoms with Crippen molar-refractivity contribution in [1.29, 1.82) is 0 Å². The van der Waals surface area contributed by atoms with Gasteiger partial charge in [0.1, 0.15) is 0 Å². The van der Waals surface area contributed by atoms with Gasteiger partial charge in [0.05, 0.1) is 26.2 Å². The molecule has 1 aliphatic heterocycles. The molecule has 26 heavy (non-hydrogen) atoms. The van der Waals surface area contributed by atoms with Crippen LogP contribution in [-0.2, 0) is 0 Å². The first kappa shape index (κ1) is 16.3. The Hall–Kier alpha value is -3.19. The van der Waals surface area contributed by atoms with E-state index in [2.05, 4.69) is 35.8 Å². The molecule has 1 fully saturated rings. The van der Waals surface area contributed by atoms with Crippen LogP contribution < -0.4 is 20.9 Å². The number of para-hydroxylation sites is 2. The Balaban J connectivity index is 1.64. The van der Waals surface area contributed by atoms with E-state index in [1.807, 2.05) is 60.7 Å². The number of benzene rings is 2. The molecule has 2 aromatic carbocycles. The maximum Gasteiger partial charge on any atom is 0.233 e. The molecular formula is C19H22N7+. The van der Waals surface area contributed by atoms with E-state index in [-0.39, 0.29) is 0 Å². The van der Waals surface area contributed by atoms with Gasteiger partial charge in [-0.3, -0.25) is 0 Å². The molecular weight excluding hydrogens is 326 g/mol. The van der Waals surface area contributed by atoms with Gasteiger partial charge in [-0.1, -0.05) is 36.4 Å². The fourth-order valence-corrected chi connectivity index (χ4v) is 2.87. The number of nitrogens with one attached hydrogen (secondary N) is 2. The minimum Gasteiger partial charge on any atom is -0.343 e. The van der Waals surface area contributed by atoms with Gasteiger partial charge in [0.15, 0.2) is 0 Å². The number of nitrogens with zero attached hydrogens (tertiary/aromatic N) is 4. The monoisotopic (exact) mass is 348 g/mol. The molecule has 132 valence electrons. The van der Waals surface area contributed by atoms with Crippen molar-refractivity contribution in [2.75, 3.05) is 41.7 Å². The third-order valence-corrected chi connectivity index (χ3v) is 4.17. The molecule has 0 unspecified atom stereocenters. The molecule has 1 saturated heterocycles. The van der Waals surface area contributed by atoms with E-state index in [9.17, 15) is 0 Å². The zero-order chi connectivity index (χ0) is 17.6. The van der Waals surface area contributed by atoms with Crippen LogP contribution in [0.1, 0.15) is 0 Å². The lowest BCUT2D eigenvalue weighted by atomic mass is 10.3. The number of quaternary nitrogens is 1. The topological polar surface area (TPSA) is 82.6 Å². The SMILES string of the molecule is c1ccc(Nc2nc(Nc3ccccc3)nc(N3CC[NH2+]CC3)n2)cc1. The molecule has 2 heterocycles. The average molecular weight is 348 g/mol. The van der Waals surface area contributed by atoms with E-state index in [4.69, 9.17) is 0 Å². The molecule has 0 spiro atoms. The first-order valence-electron chi connectivity index (χ1n) is 8.84. The summed E-state index contributed by atoms with van der Waals surface area (Å²) < 4.78 is 0. The summed E-state index contributed by atoms with van der Waals surface area (Å²) in [4.78, 5) is 16.0. The Kier molecular flexibility index (Phi) is 4.88. The first-order chi connectivity index (χ1) is 12.9. The Bertz CT molecular complexity index is 773. The van der Waals surface area contributed by atoms with Crippen molar-refractivity contribution in [1.82, 2.24) is 15.0 Å². The predicted octanol–water partition coefficient (Wildman–Crippen LogP) is 1.74. The van der Waals surface area contributed by atoms with E-state index in [0.29, 0.717) is 17.8 Å². The van der Waals surface area contributed by atoms with Gasteiger partial charge >= 0.3 is 0 Å². The third-order valence-electron chi connectivity index (χ3n) is 4.17. The summed E-state index contributed by atoms with van der Waals surface area (Å²) in [6, 6.07) is 19.8. The number of anilines is 5. The maximum atomic E-state index is 4.63. The Morgan fingerprint density at radius 2 is 1.19 bits per heavy atom. The average Bonchev–Trinajstić information content (AvgIpc) is 2.70. The summed E-state index contributed by atoms with van der Waals surface area (Å²) in [6.07, 6.45) is 0. The Morgan fingerprint density at radius 1 is 0.692 bits per heavy atom. The van der Waals surface area contributed by atoms with Crippen LogP contribution in [0.25, 0.3) is 0 Å². The van der Waals surface area contributed by atoms with Crippen LogP contribution in [0.3, 0.4) is 0 Å². The minimum atomic E-state index is 0.536. The minimum absolute atomic E-state index is 0.536. The number of hydrogen-bond acceptors (Lipinski definition) is 6. The second-order valence-electron chi connectivity index (χ2n) is 6.12. The van der Waals surface area contributed by atoms with Crippen molar-refractivity contribution in [2.45, 2.75) is 0 Å². The number of nitrogens with two attached hydrogens (primary N) is 1. The lowest BCUT2D eigenvalue weighted by Crippen LogP contribution is -2.89. The molecule has 7 nitrogen and oxygen atoms in total. The Labute approximate surface area is 152 Å². The van der Waals surface area contributed by atoms with Gasteiger partial charge in [-0.15, -0.1) is 0 Å². The van der Waals surface area contributed by atoms with Crippen LogP contribution in [0.4, 0.5) is 29.2 Å². The van der Waals surface area contributed by atoms with Crippen molar-refractivity contribution in [2.24, 2.45) is 0 Å². The standard InChI is InChI=1S/C19H21N7/c1-3-7-15(8-4-1)21-17-23-18(22-16-9-5-2-6-10-16)25-19(24-17)26-13-11-20-12-14-26/h1-10,20H,11-14H2,(H2,21,22,23,24,25)/p+1. The molecule has 3 aromatic rings. The summed E-state index contributed by atoms with van der Waals surface area (Å²) in [5.74, 6) is 1.77. The van der Waals surface area contributed by atoms with E-state index in [1.165, 1.54) is 0 Å². The molecule has 0 bridgehead atoms. The molecule has 1 aliphatic rings. The summed E-state index contributed by atoms with van der Waals surface area (Å²) >= 11 is 0. The summed E-state index contributed by atoms with van der Waals surface area (Å²) in [5, 5.41) is 8.86. The molecule has 1 aromatic heterocycles. The predicted molar refractivity (Wildman–Crippen MR) is 103 cm³/mol. The van der Waals surface area contributed by atoms with Crippen LogP contribution in [0.2, 0.25) is 0 Å². The van der Waals surface area contributed by atoms with E-state index >= 15 is 0 Å². The quantitative estimate of drug-likeness (QED) is 0.652. The zero-order valence-corrected chi connectivity index (χ0v) is 14.5. The molecule has 4 rings (SSSR count). The van der Waals surface area contributed by atoms with Gasteiger partial charge in [0.25, 0.3) is 0 Å². The van der Waals surface area contributed by atoms with Crippen molar-refractivity contribution >= 4 is 29.2 Å². The largest absolute Gasteiger partial charge is 0.343 e. The summed E-state index contributed by atoms with van der Waals surface area (Å²) in [6.45, 7) is 3.96. The van der Waals surface area contributed by atoms with Crippen molar-refractivity contribution in [3.63, 3.8) is 0 Å². The zero-order valence-electron chi connectivity index (χ0n) is 14.5. The lowest BCUT2D eigenvalue weighted by Gasteiger charge is -2.25. The molecule has 0 aliphatic carbocycles. The van der Waals surface area contributed by atoms with Crippen LogP contribution in [0.5, 0.6) is 0 Å². The number of hydrogen-bond donors (Lipinski definition) is 3. The smallest absolute Gasteiger partial charge is 0.233 e. The van der Waals surface area contributed by atoms with Crippen LogP contribution in [0, 0.1) is 0 Å². The Morgan fingerprint density at radius 3 is 1.69 bits per heavy atom. The second kappa shape index (κ2) is 7.79. The number of aromatic nitrogens is 3. The van der Waals surface area contributed by atoms with Crippen LogP contribution in [0.15, 0.2) is 60.7 Å². The molecule has 4 N–H and O–H groups in total. The van der Waals surface area contributed by atoms with Gasteiger partial charge in [-0.2, -0.15) is 15.0 Å². The fourth-order valence-electron chi connectivity index (χ4n) is 2.87. The summed E-state index contributed by atoms with van der Waals surface area (Å²) in [7, 11) is 0. The van der Waals surface area contributed by atoms with E-state index in [0.717, 1.165) is 37.6 Å². The van der Waals surface area contributed by atoms with E-state index < -0.39 is 0 Å². The number of piperazine rings is 1. The van der Waals surface area contributed by atoms with Gasteiger partial charge < -0.3 is 20.9 Å². The van der Waals surface area contributed by atoms with Crippen molar-refractivity contribution in [3.8, 4) is 0 Å². The highest BCUT2D eigenvalue weighted by molar-refractivity contribution is 5.59. The molecule has 0 atom stereocenters. The van der Waals surface area contributed by atoms with Crippen molar-refractivity contribution in [3.05, 3.63) is 60.7 Å². The summed E-state index contributed by atoms with van der Waals surface area (Å²) in [5.41, 5.74) is 1.89. The van der Waals surface area contributed by atoms with Gasteiger partial charge in [0.2, 0.25) is 17.8 Å². The highest BCUT2D eigenvalue weighted by atomic mass is 15.3. The van der Waals surface area contributed by atoms with Crippen LogP contribution >= 0.6 is 0 Å². The lowest BCUT2D eigenvalue weighted by molar-refractivity contribution is -0.655. The van der Waals surface area contributed by atoms with Gasteiger partial charge in [0, 0.05) is 11.4 Å².